The number of hydrazine groups is 1. The van der Waals surface area contributed by atoms with E-state index in [4.69, 9.17) is 9.15 Å². The molecule has 0 saturated carbocycles. The number of anilines is 1. The Morgan fingerprint density at radius 3 is 2.86 bits per heavy atom. The lowest BCUT2D eigenvalue weighted by molar-refractivity contribution is -0.0483. The summed E-state index contributed by atoms with van der Waals surface area (Å²) < 4.78 is 49.7. The summed E-state index contributed by atoms with van der Waals surface area (Å²) in [6.45, 7) is 4.93. The summed E-state index contributed by atoms with van der Waals surface area (Å²) in [6.07, 6.45) is 5.42. The highest BCUT2D eigenvalue weighted by Crippen LogP contribution is 2.31. The Morgan fingerprint density at radius 1 is 1.43 bits per heavy atom. The van der Waals surface area contributed by atoms with E-state index in [2.05, 4.69) is 32.7 Å². The Hall–Kier alpha value is -4.29. The molecule has 0 bridgehead atoms. The summed E-state index contributed by atoms with van der Waals surface area (Å²) in [5.74, 6) is -6.25. The van der Waals surface area contributed by atoms with E-state index in [9.17, 15) is 22.8 Å². The van der Waals surface area contributed by atoms with Crippen LogP contribution in [-0.4, -0.2) is 45.3 Å². The summed E-state index contributed by atoms with van der Waals surface area (Å²) in [5, 5.41) is 2.63. The van der Waals surface area contributed by atoms with Crippen LogP contribution in [0.1, 0.15) is 40.3 Å². The fourth-order valence-corrected chi connectivity index (χ4v) is 3.51. The molecule has 2 aromatic heterocycles. The Bertz CT molecular complexity index is 1240. The number of nitrogens with zero attached hydrogens (tertiary/aromatic N) is 3. The smallest absolute Gasteiger partial charge is 0.331 e. The van der Waals surface area contributed by atoms with Crippen molar-refractivity contribution in [1.82, 2.24) is 25.7 Å². The van der Waals surface area contributed by atoms with E-state index in [-0.39, 0.29) is 29.9 Å². The zero-order valence-corrected chi connectivity index (χ0v) is 18.7. The van der Waals surface area contributed by atoms with Crippen LogP contribution >= 0.6 is 0 Å². The minimum Gasteiger partial charge on any atom is -0.471 e. The molecular weight excluding hydrogens is 469 g/mol. The van der Waals surface area contributed by atoms with Crippen LogP contribution in [0.5, 0.6) is 0 Å². The molecule has 4 rings (SSSR count). The standard InChI is InChI=1S/C22H21F3N6O4/c1-11-6-16(29-30-20(11)34-9-22(24,25)13(3)23)12(2)31-8-15-14(21(31)33)4-5-27-18(15)28-19(32)17-7-26-10-35-17/h4-7,10,12,29-30H,3,8-9H2,1-2H3,(H,27,28,32). The third-order valence-electron chi connectivity index (χ3n) is 5.53. The van der Waals surface area contributed by atoms with Crippen LogP contribution in [0.25, 0.3) is 0 Å². The van der Waals surface area contributed by atoms with Crippen molar-refractivity contribution in [3.63, 3.8) is 0 Å². The fourth-order valence-electron chi connectivity index (χ4n) is 3.51. The predicted molar refractivity (Wildman–Crippen MR) is 116 cm³/mol. The van der Waals surface area contributed by atoms with Crippen molar-refractivity contribution in [3.05, 3.63) is 77.4 Å². The molecule has 184 valence electrons. The zero-order chi connectivity index (χ0) is 25.3. The molecule has 2 aliphatic heterocycles. The maximum absolute atomic E-state index is 13.4. The van der Waals surface area contributed by atoms with Gasteiger partial charge in [-0.25, -0.2) is 14.4 Å². The molecule has 2 amide bonds. The normalized spacial score (nSPS) is 16.2. The number of fused-ring (bicyclic) bond motifs is 1. The number of oxazole rings is 1. The third kappa shape index (κ3) is 4.69. The molecule has 2 aliphatic rings. The number of ether oxygens (including phenoxy) is 1. The fraction of sp³-hybridized carbons (Fsp3) is 0.273. The summed E-state index contributed by atoms with van der Waals surface area (Å²) in [7, 11) is 0. The second kappa shape index (κ2) is 9.16. The minimum atomic E-state index is -3.82. The van der Waals surface area contributed by atoms with Gasteiger partial charge in [-0.2, -0.15) is 8.78 Å². The van der Waals surface area contributed by atoms with Gasteiger partial charge in [-0.1, -0.05) is 6.58 Å². The van der Waals surface area contributed by atoms with Crippen molar-refractivity contribution >= 4 is 17.6 Å². The monoisotopic (exact) mass is 490 g/mol. The largest absolute Gasteiger partial charge is 0.471 e. The molecule has 0 saturated heterocycles. The van der Waals surface area contributed by atoms with Gasteiger partial charge in [0.2, 0.25) is 11.6 Å². The van der Waals surface area contributed by atoms with Gasteiger partial charge in [-0.3, -0.25) is 15.0 Å². The summed E-state index contributed by atoms with van der Waals surface area (Å²) in [5.41, 5.74) is 7.40. The second-order valence-corrected chi connectivity index (χ2v) is 7.87. The van der Waals surface area contributed by atoms with Crippen molar-refractivity contribution in [3.8, 4) is 0 Å². The highest BCUT2D eigenvalue weighted by atomic mass is 19.3. The first-order chi connectivity index (χ1) is 16.6. The average Bonchev–Trinajstić information content (AvgIpc) is 3.47. The molecular formula is C22H21F3N6O4. The van der Waals surface area contributed by atoms with E-state index in [1.807, 2.05) is 0 Å². The summed E-state index contributed by atoms with van der Waals surface area (Å²) in [4.78, 5) is 34.9. The van der Waals surface area contributed by atoms with Crippen molar-refractivity contribution < 1.29 is 31.9 Å². The van der Waals surface area contributed by atoms with Crippen molar-refractivity contribution in [1.29, 1.82) is 0 Å². The van der Waals surface area contributed by atoms with Crippen LogP contribution in [0.15, 0.2) is 64.9 Å². The van der Waals surface area contributed by atoms with Gasteiger partial charge >= 0.3 is 5.92 Å². The maximum atomic E-state index is 13.4. The molecule has 0 spiro atoms. The number of aromatic nitrogens is 2. The van der Waals surface area contributed by atoms with Crippen LogP contribution < -0.4 is 16.2 Å². The molecule has 0 radical (unpaired) electrons. The molecule has 13 heteroatoms. The van der Waals surface area contributed by atoms with Gasteiger partial charge in [0.1, 0.15) is 5.82 Å². The average molecular weight is 490 g/mol. The number of alkyl halides is 2. The van der Waals surface area contributed by atoms with Crippen LogP contribution in [0, 0.1) is 0 Å². The number of carbonyl (C=O) groups is 2. The van der Waals surface area contributed by atoms with Crippen molar-refractivity contribution in [2.45, 2.75) is 32.4 Å². The number of allylic oxidation sites excluding steroid dienone is 2. The first kappa shape index (κ1) is 23.9. The van der Waals surface area contributed by atoms with E-state index in [1.165, 1.54) is 12.4 Å². The lowest BCUT2D eigenvalue weighted by atomic mass is 10.1. The third-order valence-corrected chi connectivity index (χ3v) is 5.53. The molecule has 0 aliphatic carbocycles. The number of hydrogen-bond donors (Lipinski definition) is 3. The molecule has 35 heavy (non-hydrogen) atoms. The number of hydrogen-bond acceptors (Lipinski definition) is 8. The van der Waals surface area contributed by atoms with Crippen LogP contribution in [-0.2, 0) is 11.3 Å². The zero-order valence-electron chi connectivity index (χ0n) is 18.7. The first-order valence-corrected chi connectivity index (χ1v) is 10.4. The first-order valence-electron chi connectivity index (χ1n) is 10.4. The van der Waals surface area contributed by atoms with Gasteiger partial charge in [-0.15, -0.1) is 0 Å². The Morgan fingerprint density at radius 2 is 2.20 bits per heavy atom. The van der Waals surface area contributed by atoms with Crippen LogP contribution in [0.4, 0.5) is 19.0 Å². The SMILES string of the molecule is C=C(F)C(F)(F)COC1=C(C)C=C(C(C)N2Cc3c(ccnc3NC(=O)c3cnco3)C2=O)NN1. The molecule has 10 nitrogen and oxygen atoms in total. The van der Waals surface area contributed by atoms with Gasteiger partial charge in [0.05, 0.1) is 24.5 Å². The Labute approximate surface area is 197 Å². The number of carbonyl (C=O) groups excluding carboxylic acids is 2. The van der Waals surface area contributed by atoms with E-state index < -0.39 is 30.3 Å². The van der Waals surface area contributed by atoms with Crippen molar-refractivity contribution in [2.75, 3.05) is 11.9 Å². The lowest BCUT2D eigenvalue weighted by Gasteiger charge is -2.31. The van der Waals surface area contributed by atoms with Gasteiger partial charge < -0.3 is 24.8 Å². The summed E-state index contributed by atoms with van der Waals surface area (Å²) >= 11 is 0. The van der Waals surface area contributed by atoms with Crippen molar-refractivity contribution in [2.24, 2.45) is 0 Å². The van der Waals surface area contributed by atoms with Gasteiger partial charge in [0, 0.05) is 22.9 Å². The highest BCUT2D eigenvalue weighted by molar-refractivity contribution is 6.05. The number of nitrogens with one attached hydrogen (secondary N) is 3. The minimum absolute atomic E-state index is 0.00420. The molecule has 1 atom stereocenters. The molecule has 0 aromatic carbocycles. The molecule has 2 aromatic rings. The van der Waals surface area contributed by atoms with E-state index in [1.54, 1.807) is 30.9 Å². The van der Waals surface area contributed by atoms with Gasteiger partial charge in [0.15, 0.2) is 18.8 Å². The van der Waals surface area contributed by atoms with Gasteiger partial charge in [-0.05, 0) is 26.0 Å². The second-order valence-electron chi connectivity index (χ2n) is 7.87. The quantitative estimate of drug-likeness (QED) is 0.516. The van der Waals surface area contributed by atoms with Crippen LogP contribution in [0.3, 0.4) is 0 Å². The van der Waals surface area contributed by atoms with E-state index in [0.717, 1.165) is 6.39 Å². The number of rotatable bonds is 8. The molecule has 3 N–H and O–H groups in total. The molecule has 0 fully saturated rings. The molecule has 4 heterocycles. The number of amides is 2. The number of halogens is 3. The summed E-state index contributed by atoms with van der Waals surface area (Å²) in [6, 6.07) is 1.08. The topological polar surface area (TPSA) is 122 Å². The van der Waals surface area contributed by atoms with Crippen LogP contribution in [0.2, 0.25) is 0 Å². The Kier molecular flexibility index (Phi) is 6.24. The predicted octanol–water partition coefficient (Wildman–Crippen LogP) is 3.02. The molecule has 1 unspecified atom stereocenters. The maximum Gasteiger partial charge on any atom is 0.331 e. The lowest BCUT2D eigenvalue weighted by Crippen LogP contribution is -2.45. The van der Waals surface area contributed by atoms with E-state index >= 15 is 0 Å². The van der Waals surface area contributed by atoms with E-state index in [0.29, 0.717) is 22.4 Å². The number of pyridine rings is 1. The Balaban J connectivity index is 1.49. The van der Waals surface area contributed by atoms with Gasteiger partial charge in [0.25, 0.3) is 11.8 Å². The highest BCUT2D eigenvalue weighted by Gasteiger charge is 2.37.